The minimum absolute atomic E-state index is 0.0892. The molecule has 0 unspecified atom stereocenters. The van der Waals surface area contributed by atoms with Gasteiger partial charge in [-0.3, -0.25) is 0 Å². The number of benzene rings is 1. The summed E-state index contributed by atoms with van der Waals surface area (Å²) in [6.07, 6.45) is 1.07. The number of halogens is 1. The highest BCUT2D eigenvalue weighted by Gasteiger charge is 2.10. The van der Waals surface area contributed by atoms with Gasteiger partial charge in [-0.05, 0) is 6.07 Å². The molecule has 0 fully saturated rings. The van der Waals surface area contributed by atoms with Gasteiger partial charge in [-0.25, -0.2) is 12.8 Å². The third-order valence-electron chi connectivity index (χ3n) is 1.92. The zero-order valence-electron chi connectivity index (χ0n) is 8.81. The average molecular weight is 248 g/mol. The zero-order chi connectivity index (χ0) is 12.2. The SMILES string of the molecule is CS(=O)(=O)CCOc1c(F)cccc1CO. The van der Waals surface area contributed by atoms with Crippen LogP contribution in [-0.4, -0.2) is 32.1 Å². The van der Waals surface area contributed by atoms with E-state index in [0.717, 1.165) is 6.26 Å². The van der Waals surface area contributed by atoms with Crippen molar-refractivity contribution in [2.75, 3.05) is 18.6 Å². The summed E-state index contributed by atoms with van der Waals surface area (Å²) in [7, 11) is -3.14. The molecule has 1 N–H and O–H groups in total. The topological polar surface area (TPSA) is 63.6 Å². The van der Waals surface area contributed by atoms with Crippen LogP contribution in [0.1, 0.15) is 5.56 Å². The van der Waals surface area contributed by atoms with Crippen molar-refractivity contribution in [3.05, 3.63) is 29.6 Å². The summed E-state index contributed by atoms with van der Waals surface area (Å²) >= 11 is 0. The Bertz CT molecular complexity index is 456. The Morgan fingerprint density at radius 2 is 2.12 bits per heavy atom. The monoisotopic (exact) mass is 248 g/mol. The second-order valence-corrected chi connectivity index (χ2v) is 5.62. The van der Waals surface area contributed by atoms with Gasteiger partial charge in [0.05, 0.1) is 12.4 Å². The smallest absolute Gasteiger partial charge is 0.165 e. The first-order chi connectivity index (χ1) is 7.44. The Hall–Kier alpha value is -1.14. The summed E-state index contributed by atoms with van der Waals surface area (Å²) in [6, 6.07) is 4.15. The van der Waals surface area contributed by atoms with Gasteiger partial charge in [-0.1, -0.05) is 12.1 Å². The third-order valence-corrected chi connectivity index (χ3v) is 2.83. The van der Waals surface area contributed by atoms with Crippen LogP contribution in [0.2, 0.25) is 0 Å². The highest BCUT2D eigenvalue weighted by Crippen LogP contribution is 2.22. The summed E-state index contributed by atoms with van der Waals surface area (Å²) in [4.78, 5) is 0. The van der Waals surface area contributed by atoms with Gasteiger partial charge >= 0.3 is 0 Å². The Balaban J connectivity index is 2.73. The molecule has 16 heavy (non-hydrogen) atoms. The third kappa shape index (κ3) is 3.79. The molecule has 0 bridgehead atoms. The molecule has 6 heteroatoms. The van der Waals surface area contributed by atoms with E-state index in [2.05, 4.69) is 0 Å². The molecular formula is C10H13FO4S. The fourth-order valence-electron chi connectivity index (χ4n) is 1.13. The van der Waals surface area contributed by atoms with Crippen LogP contribution in [0.15, 0.2) is 18.2 Å². The second-order valence-electron chi connectivity index (χ2n) is 3.36. The first-order valence-electron chi connectivity index (χ1n) is 4.63. The highest BCUT2D eigenvalue weighted by molar-refractivity contribution is 7.90. The molecule has 90 valence electrons. The van der Waals surface area contributed by atoms with E-state index in [-0.39, 0.29) is 24.7 Å². The molecule has 0 aliphatic carbocycles. The van der Waals surface area contributed by atoms with Crippen molar-refractivity contribution in [3.8, 4) is 5.75 Å². The number of rotatable bonds is 5. The van der Waals surface area contributed by atoms with Crippen LogP contribution in [0.5, 0.6) is 5.75 Å². The molecule has 0 saturated carbocycles. The van der Waals surface area contributed by atoms with Crippen LogP contribution in [0.4, 0.5) is 4.39 Å². The van der Waals surface area contributed by atoms with Crippen LogP contribution >= 0.6 is 0 Å². The van der Waals surface area contributed by atoms with E-state index in [1.807, 2.05) is 0 Å². The normalized spacial score (nSPS) is 11.4. The van der Waals surface area contributed by atoms with Crippen LogP contribution < -0.4 is 4.74 Å². The van der Waals surface area contributed by atoms with Crippen molar-refractivity contribution in [1.29, 1.82) is 0 Å². The van der Waals surface area contributed by atoms with Crippen LogP contribution in [-0.2, 0) is 16.4 Å². The minimum atomic E-state index is -3.14. The van der Waals surface area contributed by atoms with E-state index < -0.39 is 15.7 Å². The van der Waals surface area contributed by atoms with Crippen molar-refractivity contribution in [2.45, 2.75) is 6.61 Å². The maximum atomic E-state index is 13.3. The summed E-state index contributed by atoms with van der Waals surface area (Å²) < 4.78 is 40.0. The summed E-state index contributed by atoms with van der Waals surface area (Å²) in [5, 5.41) is 8.94. The van der Waals surface area contributed by atoms with E-state index in [1.54, 1.807) is 0 Å². The van der Waals surface area contributed by atoms with Crippen LogP contribution in [0.3, 0.4) is 0 Å². The second kappa shape index (κ2) is 5.27. The molecular weight excluding hydrogens is 235 g/mol. The van der Waals surface area contributed by atoms with Gasteiger partial charge in [0, 0.05) is 11.8 Å². The number of para-hydroxylation sites is 1. The van der Waals surface area contributed by atoms with Crippen molar-refractivity contribution in [3.63, 3.8) is 0 Å². The van der Waals surface area contributed by atoms with Crippen molar-refractivity contribution >= 4 is 9.84 Å². The highest BCUT2D eigenvalue weighted by atomic mass is 32.2. The number of ether oxygens (including phenoxy) is 1. The van der Waals surface area contributed by atoms with E-state index in [0.29, 0.717) is 5.56 Å². The number of aliphatic hydroxyl groups excluding tert-OH is 1. The molecule has 1 aromatic carbocycles. The van der Waals surface area contributed by atoms with E-state index in [4.69, 9.17) is 9.84 Å². The van der Waals surface area contributed by atoms with Gasteiger partial charge < -0.3 is 9.84 Å². The lowest BCUT2D eigenvalue weighted by molar-refractivity contribution is 0.262. The van der Waals surface area contributed by atoms with Crippen molar-refractivity contribution in [2.24, 2.45) is 0 Å². The molecule has 0 aliphatic rings. The summed E-state index contributed by atoms with van der Waals surface area (Å²) in [6.45, 7) is -0.487. The average Bonchev–Trinajstić information content (AvgIpc) is 2.18. The van der Waals surface area contributed by atoms with Crippen molar-refractivity contribution in [1.82, 2.24) is 0 Å². The molecule has 0 amide bonds. The molecule has 1 rings (SSSR count). The predicted octanol–water partition coefficient (Wildman–Crippen LogP) is 0.741. The quantitative estimate of drug-likeness (QED) is 0.834. The van der Waals surface area contributed by atoms with Crippen LogP contribution in [0.25, 0.3) is 0 Å². The largest absolute Gasteiger partial charge is 0.489 e. The van der Waals surface area contributed by atoms with Gasteiger partial charge in [0.15, 0.2) is 21.4 Å². The lowest BCUT2D eigenvalue weighted by Crippen LogP contribution is -2.13. The Morgan fingerprint density at radius 3 is 2.69 bits per heavy atom. The maximum absolute atomic E-state index is 13.3. The van der Waals surface area contributed by atoms with E-state index >= 15 is 0 Å². The Morgan fingerprint density at radius 1 is 1.44 bits per heavy atom. The van der Waals surface area contributed by atoms with Crippen LogP contribution in [0, 0.1) is 5.82 Å². The molecule has 0 aliphatic heterocycles. The van der Waals surface area contributed by atoms with E-state index in [1.165, 1.54) is 18.2 Å². The fourth-order valence-corrected chi connectivity index (χ4v) is 1.52. The Labute approximate surface area is 93.6 Å². The maximum Gasteiger partial charge on any atom is 0.165 e. The minimum Gasteiger partial charge on any atom is -0.489 e. The van der Waals surface area contributed by atoms with Gasteiger partial charge in [0.1, 0.15) is 6.61 Å². The van der Waals surface area contributed by atoms with Gasteiger partial charge in [-0.2, -0.15) is 0 Å². The number of aliphatic hydroxyl groups is 1. The first kappa shape index (κ1) is 12.9. The number of hydrogen-bond acceptors (Lipinski definition) is 4. The lowest BCUT2D eigenvalue weighted by atomic mass is 10.2. The molecule has 0 aromatic heterocycles. The molecule has 0 heterocycles. The summed E-state index contributed by atoms with van der Waals surface area (Å²) in [5.74, 6) is -0.889. The molecule has 0 spiro atoms. The molecule has 0 radical (unpaired) electrons. The van der Waals surface area contributed by atoms with Gasteiger partial charge in [0.2, 0.25) is 0 Å². The number of sulfone groups is 1. The molecule has 0 atom stereocenters. The van der Waals surface area contributed by atoms with Gasteiger partial charge in [0.25, 0.3) is 0 Å². The van der Waals surface area contributed by atoms with Gasteiger partial charge in [-0.15, -0.1) is 0 Å². The van der Waals surface area contributed by atoms with Crippen molar-refractivity contribution < 1.29 is 22.7 Å². The molecule has 4 nitrogen and oxygen atoms in total. The number of hydrogen-bond donors (Lipinski definition) is 1. The summed E-state index contributed by atoms with van der Waals surface area (Å²) in [5.41, 5.74) is 0.300. The lowest BCUT2D eigenvalue weighted by Gasteiger charge is -2.10. The Kier molecular flexibility index (Phi) is 4.26. The standard InChI is InChI=1S/C10H13FO4S/c1-16(13,14)6-5-15-10-8(7-12)3-2-4-9(10)11/h2-4,12H,5-7H2,1H3. The predicted molar refractivity (Wildman–Crippen MR) is 57.5 cm³/mol. The first-order valence-corrected chi connectivity index (χ1v) is 6.69. The molecule has 1 aromatic rings. The zero-order valence-corrected chi connectivity index (χ0v) is 9.63. The van der Waals surface area contributed by atoms with E-state index in [9.17, 15) is 12.8 Å². The fraction of sp³-hybridized carbons (Fsp3) is 0.400. The molecule has 0 saturated heterocycles.